The lowest BCUT2D eigenvalue weighted by Gasteiger charge is -2.17. The van der Waals surface area contributed by atoms with Gasteiger partial charge in [0.05, 0.1) is 16.4 Å². The van der Waals surface area contributed by atoms with Crippen molar-refractivity contribution in [2.45, 2.75) is 6.54 Å². The Balaban J connectivity index is 1.47. The molecule has 1 N–H and O–H groups in total. The van der Waals surface area contributed by atoms with Crippen LogP contribution in [-0.2, 0) is 6.54 Å². The molecule has 0 aliphatic carbocycles. The van der Waals surface area contributed by atoms with Crippen LogP contribution in [0.15, 0.2) is 71.5 Å². The van der Waals surface area contributed by atoms with Crippen molar-refractivity contribution in [2.24, 2.45) is 0 Å². The molecule has 1 aromatic heterocycles. The fourth-order valence-electron chi connectivity index (χ4n) is 2.64. The van der Waals surface area contributed by atoms with E-state index >= 15 is 0 Å². The molecule has 1 amide bonds. The van der Waals surface area contributed by atoms with Crippen LogP contribution in [-0.4, -0.2) is 40.7 Å². The third-order valence-corrected chi connectivity index (χ3v) is 4.43. The van der Waals surface area contributed by atoms with Gasteiger partial charge in [-0.05, 0) is 52.8 Å². The number of hydrogen-bond donors (Lipinski definition) is 1. The van der Waals surface area contributed by atoms with Crippen molar-refractivity contribution in [3.05, 3.63) is 82.6 Å². The van der Waals surface area contributed by atoms with E-state index in [2.05, 4.69) is 50.4 Å². The van der Waals surface area contributed by atoms with Gasteiger partial charge in [-0.3, -0.25) is 4.79 Å². The molecule has 3 aromatic rings. The third-order valence-electron chi connectivity index (χ3n) is 4.02. The summed E-state index contributed by atoms with van der Waals surface area (Å²) in [5.41, 5.74) is 2.82. The molecule has 1 heterocycles. The van der Waals surface area contributed by atoms with Crippen molar-refractivity contribution in [2.75, 3.05) is 20.1 Å². The molecule has 0 fully saturated rings. The second-order valence-electron chi connectivity index (χ2n) is 6.13. The Morgan fingerprint density at radius 1 is 1.15 bits per heavy atom. The summed E-state index contributed by atoms with van der Waals surface area (Å²) in [7, 11) is 2.05. The van der Waals surface area contributed by atoms with E-state index in [1.807, 2.05) is 48.7 Å². The summed E-state index contributed by atoms with van der Waals surface area (Å²) in [5, 5.41) is 7.20. The highest BCUT2D eigenvalue weighted by molar-refractivity contribution is 9.10. The van der Waals surface area contributed by atoms with Gasteiger partial charge in [-0.15, -0.1) is 0 Å². The lowest BCUT2D eigenvalue weighted by atomic mass is 10.2. The molecule has 0 atom stereocenters. The van der Waals surface area contributed by atoms with E-state index < -0.39 is 0 Å². The van der Waals surface area contributed by atoms with E-state index in [0.717, 1.165) is 23.2 Å². The number of benzene rings is 2. The molecule has 0 unspecified atom stereocenters. The van der Waals surface area contributed by atoms with Crippen molar-refractivity contribution in [1.82, 2.24) is 20.0 Å². The zero-order valence-electron chi connectivity index (χ0n) is 14.6. The van der Waals surface area contributed by atoms with Crippen molar-refractivity contribution >= 4 is 21.8 Å². The number of carbonyl (C=O) groups is 1. The molecule has 0 saturated carbocycles. The number of aromatic nitrogens is 2. The summed E-state index contributed by atoms with van der Waals surface area (Å²) in [6, 6.07) is 17.7. The van der Waals surface area contributed by atoms with Crippen LogP contribution in [0.1, 0.15) is 15.9 Å². The van der Waals surface area contributed by atoms with Gasteiger partial charge in [0.2, 0.25) is 0 Å². The minimum Gasteiger partial charge on any atom is -0.351 e. The molecule has 0 radical (unpaired) electrons. The van der Waals surface area contributed by atoms with E-state index in [9.17, 15) is 4.79 Å². The van der Waals surface area contributed by atoms with Gasteiger partial charge in [-0.2, -0.15) is 5.10 Å². The smallest absolute Gasteiger partial charge is 0.251 e. The minimum absolute atomic E-state index is 0.0636. The average molecular weight is 413 g/mol. The molecular formula is C20H21BrN4O. The van der Waals surface area contributed by atoms with Crippen LogP contribution in [0.2, 0.25) is 0 Å². The van der Waals surface area contributed by atoms with Gasteiger partial charge < -0.3 is 10.2 Å². The van der Waals surface area contributed by atoms with Gasteiger partial charge in [0.15, 0.2) is 0 Å². The number of likely N-dealkylation sites (N-methyl/N-ethyl adjacent to an activating group) is 1. The van der Waals surface area contributed by atoms with E-state index in [1.54, 1.807) is 10.9 Å². The summed E-state index contributed by atoms with van der Waals surface area (Å²) in [4.78, 5) is 14.5. The lowest BCUT2D eigenvalue weighted by molar-refractivity contribution is 0.0949. The monoisotopic (exact) mass is 412 g/mol. The SMILES string of the molecule is CN(CCNC(=O)c1ccc(-n2cc(Br)cn2)cc1)Cc1ccccc1. The molecule has 0 saturated heterocycles. The Labute approximate surface area is 161 Å². The molecule has 0 aliphatic heterocycles. The maximum Gasteiger partial charge on any atom is 0.251 e. The number of amides is 1. The highest BCUT2D eigenvalue weighted by Crippen LogP contribution is 2.13. The average Bonchev–Trinajstić information content (AvgIpc) is 3.09. The molecule has 5 nitrogen and oxygen atoms in total. The molecule has 134 valence electrons. The van der Waals surface area contributed by atoms with Crippen LogP contribution in [0.5, 0.6) is 0 Å². The van der Waals surface area contributed by atoms with Crippen LogP contribution in [0.3, 0.4) is 0 Å². The highest BCUT2D eigenvalue weighted by Gasteiger charge is 2.07. The molecular weight excluding hydrogens is 392 g/mol. The maximum atomic E-state index is 12.3. The number of carbonyl (C=O) groups excluding carboxylic acids is 1. The topological polar surface area (TPSA) is 50.2 Å². The Bertz CT molecular complexity index is 846. The van der Waals surface area contributed by atoms with Gasteiger partial charge in [-0.1, -0.05) is 30.3 Å². The summed E-state index contributed by atoms with van der Waals surface area (Å²) < 4.78 is 2.67. The van der Waals surface area contributed by atoms with Crippen LogP contribution in [0, 0.1) is 0 Å². The Hall–Kier alpha value is -2.44. The third kappa shape index (κ3) is 5.03. The fraction of sp³-hybridized carbons (Fsp3) is 0.200. The maximum absolute atomic E-state index is 12.3. The number of nitrogens with one attached hydrogen (secondary N) is 1. The number of rotatable bonds is 7. The minimum atomic E-state index is -0.0636. The summed E-state index contributed by atoms with van der Waals surface area (Å²) in [6.07, 6.45) is 3.60. The zero-order valence-corrected chi connectivity index (χ0v) is 16.2. The molecule has 3 rings (SSSR count). The number of halogens is 1. The van der Waals surface area contributed by atoms with Crippen LogP contribution in [0.4, 0.5) is 0 Å². The van der Waals surface area contributed by atoms with Crippen LogP contribution in [0.25, 0.3) is 5.69 Å². The van der Waals surface area contributed by atoms with E-state index in [4.69, 9.17) is 0 Å². The van der Waals surface area contributed by atoms with Crippen molar-refractivity contribution < 1.29 is 4.79 Å². The standard InChI is InChI=1S/C20H21BrN4O/c1-24(14-16-5-3-2-4-6-16)12-11-22-20(26)17-7-9-19(10-8-17)25-15-18(21)13-23-25/h2-10,13,15H,11-12,14H2,1H3,(H,22,26). The number of hydrogen-bond acceptors (Lipinski definition) is 3. The van der Waals surface area contributed by atoms with E-state index in [0.29, 0.717) is 12.1 Å². The van der Waals surface area contributed by atoms with Gasteiger partial charge in [-0.25, -0.2) is 4.68 Å². The molecule has 0 spiro atoms. The Morgan fingerprint density at radius 3 is 2.54 bits per heavy atom. The first-order valence-electron chi connectivity index (χ1n) is 8.43. The van der Waals surface area contributed by atoms with Crippen molar-refractivity contribution in [3.8, 4) is 5.69 Å². The first-order chi connectivity index (χ1) is 12.6. The molecule has 0 bridgehead atoms. The van der Waals surface area contributed by atoms with E-state index in [1.165, 1.54) is 5.56 Å². The molecule has 0 aliphatic rings. The second kappa shape index (κ2) is 8.78. The van der Waals surface area contributed by atoms with Gasteiger partial charge in [0.1, 0.15) is 0 Å². The first kappa shape index (κ1) is 18.4. The van der Waals surface area contributed by atoms with Gasteiger partial charge in [0.25, 0.3) is 5.91 Å². The summed E-state index contributed by atoms with van der Waals surface area (Å²) in [6.45, 7) is 2.26. The molecule has 26 heavy (non-hydrogen) atoms. The molecule has 6 heteroatoms. The number of nitrogens with zero attached hydrogens (tertiary/aromatic N) is 3. The molecule has 2 aromatic carbocycles. The van der Waals surface area contributed by atoms with Gasteiger partial charge in [0, 0.05) is 31.4 Å². The Kier molecular flexibility index (Phi) is 6.20. The predicted octanol–water partition coefficient (Wildman–Crippen LogP) is 3.50. The Morgan fingerprint density at radius 2 is 1.88 bits per heavy atom. The van der Waals surface area contributed by atoms with Gasteiger partial charge >= 0.3 is 0 Å². The quantitative estimate of drug-likeness (QED) is 0.645. The second-order valence-corrected chi connectivity index (χ2v) is 7.04. The van der Waals surface area contributed by atoms with Crippen molar-refractivity contribution in [1.29, 1.82) is 0 Å². The predicted molar refractivity (Wildman–Crippen MR) is 106 cm³/mol. The van der Waals surface area contributed by atoms with Crippen LogP contribution < -0.4 is 5.32 Å². The zero-order chi connectivity index (χ0) is 18.4. The highest BCUT2D eigenvalue weighted by atomic mass is 79.9. The van der Waals surface area contributed by atoms with Crippen LogP contribution >= 0.6 is 15.9 Å². The normalized spacial score (nSPS) is 10.9. The van der Waals surface area contributed by atoms with Crippen molar-refractivity contribution in [3.63, 3.8) is 0 Å². The summed E-state index contributed by atoms with van der Waals surface area (Å²) in [5.74, 6) is -0.0636. The summed E-state index contributed by atoms with van der Waals surface area (Å²) >= 11 is 3.38. The first-order valence-corrected chi connectivity index (χ1v) is 9.22. The lowest BCUT2D eigenvalue weighted by Crippen LogP contribution is -2.32. The largest absolute Gasteiger partial charge is 0.351 e. The fourth-order valence-corrected chi connectivity index (χ4v) is 2.93. The van der Waals surface area contributed by atoms with E-state index in [-0.39, 0.29) is 5.91 Å².